The number of benzene rings is 2. The molecule has 0 aromatic heterocycles. The van der Waals surface area contributed by atoms with Crippen LogP contribution in [0.4, 0.5) is 13.2 Å². The van der Waals surface area contributed by atoms with Gasteiger partial charge < -0.3 is 0 Å². The van der Waals surface area contributed by atoms with Gasteiger partial charge in [-0.1, -0.05) is 40.2 Å². The highest BCUT2D eigenvalue weighted by Gasteiger charge is 2.17. The van der Waals surface area contributed by atoms with E-state index in [1.165, 1.54) is 0 Å². The average Bonchev–Trinajstić information content (AvgIpc) is 2.36. The Morgan fingerprint density at radius 3 is 2.32 bits per heavy atom. The zero-order valence-electron chi connectivity index (χ0n) is 10.3. The van der Waals surface area contributed by atoms with Crippen molar-refractivity contribution in [3.05, 3.63) is 70.5 Å². The van der Waals surface area contributed by atoms with Crippen molar-refractivity contribution in [2.24, 2.45) is 0 Å². The molecule has 0 aliphatic carbocycles. The largest absolute Gasteiger partial charge is 0.207 e. The lowest BCUT2D eigenvalue weighted by atomic mass is 10.00. The van der Waals surface area contributed by atoms with Crippen LogP contribution >= 0.6 is 15.9 Å². The number of halogens is 4. The summed E-state index contributed by atoms with van der Waals surface area (Å²) in [5.74, 6) is -2.95. The Labute approximate surface area is 118 Å². The molecule has 19 heavy (non-hydrogen) atoms. The first-order valence-electron chi connectivity index (χ1n) is 5.82. The molecule has 0 spiro atoms. The van der Waals surface area contributed by atoms with E-state index < -0.39 is 22.3 Å². The summed E-state index contributed by atoms with van der Waals surface area (Å²) in [5, 5.41) is 0. The molecular weight excluding hydrogens is 317 g/mol. The van der Waals surface area contributed by atoms with Gasteiger partial charge in [0.2, 0.25) is 0 Å². The van der Waals surface area contributed by atoms with E-state index in [1.807, 2.05) is 31.2 Å². The van der Waals surface area contributed by atoms with Gasteiger partial charge in [0.15, 0.2) is 11.6 Å². The Hall–Kier alpha value is -1.29. The van der Waals surface area contributed by atoms with Gasteiger partial charge in [0.05, 0.1) is 0 Å². The predicted molar refractivity (Wildman–Crippen MR) is 72.9 cm³/mol. The molecule has 1 unspecified atom stereocenters. The van der Waals surface area contributed by atoms with Crippen molar-refractivity contribution in [2.45, 2.75) is 18.2 Å². The summed E-state index contributed by atoms with van der Waals surface area (Å²) >= 11 is 3.34. The molecule has 0 fully saturated rings. The fourth-order valence-electron chi connectivity index (χ4n) is 1.92. The van der Waals surface area contributed by atoms with Crippen LogP contribution in [-0.4, -0.2) is 0 Å². The van der Waals surface area contributed by atoms with Crippen molar-refractivity contribution in [1.82, 2.24) is 0 Å². The first-order valence-corrected chi connectivity index (χ1v) is 6.73. The summed E-state index contributed by atoms with van der Waals surface area (Å²) in [7, 11) is 0. The summed E-state index contributed by atoms with van der Waals surface area (Å²) in [6.45, 7) is 1.96. The van der Waals surface area contributed by atoms with Crippen molar-refractivity contribution >= 4 is 15.9 Å². The number of rotatable bonds is 3. The van der Waals surface area contributed by atoms with Crippen LogP contribution in [0, 0.1) is 24.4 Å². The normalized spacial score (nSPS) is 12.5. The van der Waals surface area contributed by atoms with E-state index in [-0.39, 0.29) is 5.56 Å². The van der Waals surface area contributed by atoms with Crippen LogP contribution in [0.15, 0.2) is 36.4 Å². The van der Waals surface area contributed by atoms with Crippen LogP contribution < -0.4 is 0 Å². The second kappa shape index (κ2) is 5.78. The van der Waals surface area contributed by atoms with E-state index in [2.05, 4.69) is 15.9 Å². The Kier molecular flexibility index (Phi) is 4.30. The smallest absolute Gasteiger partial charge is 0.161 e. The molecule has 2 aromatic rings. The summed E-state index contributed by atoms with van der Waals surface area (Å²) in [6.07, 6.45) is 0.509. The fraction of sp³-hybridized carbons (Fsp3) is 0.200. The van der Waals surface area contributed by atoms with Crippen LogP contribution in [-0.2, 0) is 6.42 Å². The molecule has 0 aliphatic rings. The zero-order chi connectivity index (χ0) is 14.0. The second-order valence-corrected chi connectivity index (χ2v) is 5.49. The van der Waals surface area contributed by atoms with Gasteiger partial charge in [0, 0.05) is 16.5 Å². The van der Waals surface area contributed by atoms with Crippen LogP contribution in [0.3, 0.4) is 0 Å². The summed E-state index contributed by atoms with van der Waals surface area (Å²) < 4.78 is 39.7. The standard InChI is InChI=1S/C15H12BrF3/c1-9-4-2-3-5-10(9)6-12(16)11-7-14(18)15(19)8-13(11)17/h2-5,7-8,12H,6H2,1H3. The molecule has 100 valence electrons. The van der Waals surface area contributed by atoms with E-state index in [4.69, 9.17) is 0 Å². The van der Waals surface area contributed by atoms with Gasteiger partial charge in [-0.05, 0) is 30.5 Å². The molecule has 0 heterocycles. The summed E-state index contributed by atoms with van der Waals surface area (Å²) in [6, 6.07) is 9.18. The Bertz CT molecular complexity index is 596. The van der Waals surface area contributed by atoms with E-state index in [0.717, 1.165) is 17.2 Å². The van der Waals surface area contributed by atoms with E-state index >= 15 is 0 Å². The lowest BCUT2D eigenvalue weighted by Gasteiger charge is -2.13. The van der Waals surface area contributed by atoms with Gasteiger partial charge in [0.1, 0.15) is 5.82 Å². The van der Waals surface area contributed by atoms with Crippen molar-refractivity contribution in [1.29, 1.82) is 0 Å². The molecule has 0 saturated carbocycles. The van der Waals surface area contributed by atoms with Crippen molar-refractivity contribution < 1.29 is 13.2 Å². The molecule has 1 atom stereocenters. The Morgan fingerprint density at radius 1 is 1.00 bits per heavy atom. The molecule has 0 amide bonds. The van der Waals surface area contributed by atoms with E-state index in [1.54, 1.807) is 0 Å². The highest BCUT2D eigenvalue weighted by Crippen LogP contribution is 2.31. The molecule has 0 nitrogen and oxygen atoms in total. The molecule has 2 rings (SSSR count). The van der Waals surface area contributed by atoms with Crippen LogP contribution in [0.1, 0.15) is 21.5 Å². The minimum Gasteiger partial charge on any atom is -0.207 e. The molecule has 0 radical (unpaired) electrons. The number of aryl methyl sites for hydroxylation is 1. The highest BCUT2D eigenvalue weighted by atomic mass is 79.9. The molecule has 4 heteroatoms. The van der Waals surface area contributed by atoms with Crippen LogP contribution in [0.25, 0.3) is 0 Å². The number of hydrogen-bond donors (Lipinski definition) is 0. The Balaban J connectivity index is 2.28. The monoisotopic (exact) mass is 328 g/mol. The maximum atomic E-state index is 13.6. The van der Waals surface area contributed by atoms with Crippen molar-refractivity contribution in [3.8, 4) is 0 Å². The van der Waals surface area contributed by atoms with Gasteiger partial charge in [-0.25, -0.2) is 13.2 Å². The van der Waals surface area contributed by atoms with Gasteiger partial charge >= 0.3 is 0 Å². The van der Waals surface area contributed by atoms with E-state index in [9.17, 15) is 13.2 Å². The first kappa shape index (κ1) is 14.1. The fourth-order valence-corrected chi connectivity index (χ4v) is 2.62. The van der Waals surface area contributed by atoms with Crippen LogP contribution in [0.5, 0.6) is 0 Å². The average molecular weight is 329 g/mol. The topological polar surface area (TPSA) is 0 Å². The molecule has 0 bridgehead atoms. The summed E-state index contributed by atoms with van der Waals surface area (Å²) in [4.78, 5) is -0.399. The molecule has 0 N–H and O–H groups in total. The predicted octanol–water partition coefficient (Wildman–Crippen LogP) is 5.09. The maximum absolute atomic E-state index is 13.6. The van der Waals surface area contributed by atoms with Crippen molar-refractivity contribution in [3.63, 3.8) is 0 Å². The quantitative estimate of drug-likeness (QED) is 0.543. The molecule has 0 aliphatic heterocycles. The van der Waals surface area contributed by atoms with Gasteiger partial charge in [-0.2, -0.15) is 0 Å². The summed E-state index contributed by atoms with van der Waals surface area (Å²) in [5.41, 5.74) is 2.24. The molecule has 2 aromatic carbocycles. The van der Waals surface area contributed by atoms with Crippen LogP contribution in [0.2, 0.25) is 0 Å². The number of hydrogen-bond acceptors (Lipinski definition) is 0. The maximum Gasteiger partial charge on any atom is 0.161 e. The van der Waals surface area contributed by atoms with Gasteiger partial charge in [-0.15, -0.1) is 0 Å². The SMILES string of the molecule is Cc1ccccc1CC(Br)c1cc(F)c(F)cc1F. The second-order valence-electron chi connectivity index (χ2n) is 4.39. The van der Waals surface area contributed by atoms with Crippen molar-refractivity contribution in [2.75, 3.05) is 0 Å². The Morgan fingerprint density at radius 2 is 1.63 bits per heavy atom. The minimum atomic E-state index is -1.17. The molecule has 0 saturated heterocycles. The lowest BCUT2D eigenvalue weighted by Crippen LogP contribution is -2.02. The minimum absolute atomic E-state index is 0.127. The lowest BCUT2D eigenvalue weighted by molar-refractivity contribution is 0.489. The third-order valence-electron chi connectivity index (χ3n) is 3.04. The van der Waals surface area contributed by atoms with Gasteiger partial charge in [0.25, 0.3) is 0 Å². The third-order valence-corrected chi connectivity index (χ3v) is 3.85. The van der Waals surface area contributed by atoms with Gasteiger partial charge in [-0.3, -0.25) is 0 Å². The zero-order valence-corrected chi connectivity index (χ0v) is 11.8. The van der Waals surface area contributed by atoms with E-state index in [0.29, 0.717) is 12.5 Å². The third kappa shape index (κ3) is 3.18. The molecular formula is C15H12BrF3. The highest BCUT2D eigenvalue weighted by molar-refractivity contribution is 9.09. The first-order chi connectivity index (χ1) is 8.99. The number of alkyl halides is 1.